The number of ether oxygens (including phenoxy) is 2. The number of nitrogens with one attached hydrogen (secondary N) is 1. The lowest BCUT2D eigenvalue weighted by Crippen LogP contribution is -2.31. The number of hydrogen-bond donors (Lipinski definition) is 1. The lowest BCUT2D eigenvalue weighted by atomic mass is 10.2. The fourth-order valence-corrected chi connectivity index (χ4v) is 2.08. The van der Waals surface area contributed by atoms with E-state index in [1.165, 1.54) is 25.3 Å². The largest absolute Gasteiger partial charge is 0.487 e. The summed E-state index contributed by atoms with van der Waals surface area (Å²) in [5.41, 5.74) is 0. The number of esters is 1. The van der Waals surface area contributed by atoms with E-state index in [2.05, 4.69) is 10.1 Å². The fraction of sp³-hybridized carbons (Fsp3) is 0.417. The van der Waals surface area contributed by atoms with Gasteiger partial charge >= 0.3 is 5.97 Å². The molecular weight excluding hydrogens is 261 g/mol. The first kappa shape index (κ1) is 13.1. The van der Waals surface area contributed by atoms with Crippen LogP contribution in [0.15, 0.2) is 18.2 Å². The number of halogens is 2. The standard InChI is InChI=1S/C12H13ClFNO3/c1-17-12(16)10-5-8(6-15-10)18-11-3-2-7(14)4-9(11)13/h2-4,8,10,15H,5-6H2,1H3/t8-,10-/m1/s1. The van der Waals surface area contributed by atoms with E-state index in [9.17, 15) is 9.18 Å². The summed E-state index contributed by atoms with van der Waals surface area (Å²) < 4.78 is 23.1. The second kappa shape index (κ2) is 5.54. The molecule has 1 N–H and O–H groups in total. The Bertz CT molecular complexity index is 455. The predicted molar refractivity (Wildman–Crippen MR) is 64.2 cm³/mol. The molecule has 2 atom stereocenters. The maximum absolute atomic E-state index is 12.9. The molecule has 0 unspecified atom stereocenters. The summed E-state index contributed by atoms with van der Waals surface area (Å²) >= 11 is 5.86. The molecule has 1 heterocycles. The molecule has 0 aromatic heterocycles. The third kappa shape index (κ3) is 2.91. The number of methoxy groups -OCH3 is 1. The van der Waals surface area contributed by atoms with Crippen LogP contribution in [-0.2, 0) is 9.53 Å². The van der Waals surface area contributed by atoms with Gasteiger partial charge in [0.1, 0.15) is 23.7 Å². The van der Waals surface area contributed by atoms with Crippen LogP contribution in [0.2, 0.25) is 5.02 Å². The highest BCUT2D eigenvalue weighted by Gasteiger charge is 2.31. The molecule has 2 rings (SSSR count). The first-order chi connectivity index (χ1) is 8.60. The van der Waals surface area contributed by atoms with E-state index in [4.69, 9.17) is 16.3 Å². The van der Waals surface area contributed by atoms with E-state index in [1.54, 1.807) is 0 Å². The van der Waals surface area contributed by atoms with E-state index in [-0.39, 0.29) is 23.1 Å². The maximum Gasteiger partial charge on any atom is 0.323 e. The van der Waals surface area contributed by atoms with Gasteiger partial charge in [-0.2, -0.15) is 0 Å². The topological polar surface area (TPSA) is 47.6 Å². The average Bonchev–Trinajstić information content (AvgIpc) is 2.80. The quantitative estimate of drug-likeness (QED) is 0.853. The molecule has 1 saturated heterocycles. The molecule has 6 heteroatoms. The monoisotopic (exact) mass is 273 g/mol. The third-order valence-corrected chi connectivity index (χ3v) is 3.06. The number of rotatable bonds is 3. The molecule has 98 valence electrons. The molecule has 0 saturated carbocycles. The summed E-state index contributed by atoms with van der Waals surface area (Å²) in [6.45, 7) is 0.521. The van der Waals surface area contributed by atoms with Crippen LogP contribution in [0, 0.1) is 5.82 Å². The van der Waals surface area contributed by atoms with Crippen LogP contribution in [-0.4, -0.2) is 31.8 Å². The van der Waals surface area contributed by atoms with Gasteiger partial charge in [-0.05, 0) is 18.2 Å². The highest BCUT2D eigenvalue weighted by atomic mass is 35.5. The molecule has 18 heavy (non-hydrogen) atoms. The van der Waals surface area contributed by atoms with Gasteiger partial charge in [-0.15, -0.1) is 0 Å². The van der Waals surface area contributed by atoms with Crippen molar-refractivity contribution in [3.63, 3.8) is 0 Å². The zero-order valence-corrected chi connectivity index (χ0v) is 10.5. The summed E-state index contributed by atoms with van der Waals surface area (Å²) in [7, 11) is 1.34. The molecule has 0 radical (unpaired) electrons. The molecule has 0 amide bonds. The van der Waals surface area contributed by atoms with Gasteiger partial charge in [-0.1, -0.05) is 11.6 Å². The molecule has 1 aromatic rings. The van der Waals surface area contributed by atoms with Crippen molar-refractivity contribution < 1.29 is 18.7 Å². The van der Waals surface area contributed by atoms with Gasteiger partial charge in [0.05, 0.1) is 12.1 Å². The Hall–Kier alpha value is -1.33. The van der Waals surface area contributed by atoms with E-state index >= 15 is 0 Å². The summed E-state index contributed by atoms with van der Waals surface area (Å²) in [4.78, 5) is 11.3. The SMILES string of the molecule is COC(=O)[C@H]1C[C@@H](Oc2ccc(F)cc2Cl)CN1. The maximum atomic E-state index is 12.9. The first-order valence-corrected chi connectivity index (χ1v) is 5.91. The fourth-order valence-electron chi connectivity index (χ4n) is 1.87. The lowest BCUT2D eigenvalue weighted by Gasteiger charge is -2.13. The second-order valence-corrected chi connectivity index (χ2v) is 4.44. The van der Waals surface area contributed by atoms with Crippen LogP contribution < -0.4 is 10.1 Å². The first-order valence-electron chi connectivity index (χ1n) is 5.53. The summed E-state index contributed by atoms with van der Waals surface area (Å²) in [5, 5.41) is 3.21. The van der Waals surface area contributed by atoms with Crippen molar-refractivity contribution in [1.29, 1.82) is 0 Å². The van der Waals surface area contributed by atoms with Crippen LogP contribution >= 0.6 is 11.6 Å². The molecule has 0 bridgehead atoms. The van der Waals surface area contributed by atoms with Crippen LogP contribution in [0.4, 0.5) is 4.39 Å². The minimum absolute atomic E-state index is 0.183. The van der Waals surface area contributed by atoms with Gasteiger partial charge in [0, 0.05) is 13.0 Å². The van der Waals surface area contributed by atoms with Crippen molar-refractivity contribution in [2.24, 2.45) is 0 Å². The van der Waals surface area contributed by atoms with Crippen LogP contribution in [0.3, 0.4) is 0 Å². The van der Waals surface area contributed by atoms with Gasteiger partial charge in [0.25, 0.3) is 0 Å². The zero-order valence-electron chi connectivity index (χ0n) is 9.78. The molecular formula is C12H13ClFNO3. The average molecular weight is 274 g/mol. The minimum atomic E-state index is -0.413. The van der Waals surface area contributed by atoms with Gasteiger partial charge < -0.3 is 14.8 Å². The number of carbonyl (C=O) groups is 1. The second-order valence-electron chi connectivity index (χ2n) is 4.03. The van der Waals surface area contributed by atoms with Crippen molar-refractivity contribution in [3.05, 3.63) is 29.0 Å². The molecule has 0 aliphatic carbocycles. The highest BCUT2D eigenvalue weighted by molar-refractivity contribution is 6.32. The Labute approximate surface area is 109 Å². The Balaban J connectivity index is 1.97. The van der Waals surface area contributed by atoms with Crippen molar-refractivity contribution in [2.75, 3.05) is 13.7 Å². The Morgan fingerprint density at radius 3 is 3.00 bits per heavy atom. The molecule has 1 aromatic carbocycles. The normalized spacial score (nSPS) is 22.8. The molecule has 1 aliphatic heterocycles. The third-order valence-electron chi connectivity index (χ3n) is 2.76. The molecule has 1 aliphatic rings. The van der Waals surface area contributed by atoms with Crippen LogP contribution in [0.25, 0.3) is 0 Å². The molecule has 1 fully saturated rings. The van der Waals surface area contributed by atoms with E-state index < -0.39 is 5.82 Å². The minimum Gasteiger partial charge on any atom is -0.487 e. The number of benzene rings is 1. The van der Waals surface area contributed by atoms with Gasteiger partial charge in [0.2, 0.25) is 0 Å². The van der Waals surface area contributed by atoms with Crippen molar-refractivity contribution in [2.45, 2.75) is 18.6 Å². The van der Waals surface area contributed by atoms with E-state index in [0.29, 0.717) is 18.7 Å². The van der Waals surface area contributed by atoms with Crippen molar-refractivity contribution in [1.82, 2.24) is 5.32 Å². The van der Waals surface area contributed by atoms with Crippen molar-refractivity contribution in [3.8, 4) is 5.75 Å². The summed E-state index contributed by atoms with van der Waals surface area (Å²) in [6, 6.07) is 3.58. The van der Waals surface area contributed by atoms with E-state index in [1.807, 2.05) is 0 Å². The Morgan fingerprint density at radius 2 is 2.33 bits per heavy atom. The van der Waals surface area contributed by atoms with Gasteiger partial charge in [-0.3, -0.25) is 4.79 Å². The lowest BCUT2D eigenvalue weighted by molar-refractivity contribution is -0.142. The van der Waals surface area contributed by atoms with Gasteiger partial charge in [-0.25, -0.2) is 4.39 Å². The van der Waals surface area contributed by atoms with Crippen LogP contribution in [0.5, 0.6) is 5.75 Å². The predicted octanol–water partition coefficient (Wildman–Crippen LogP) is 1.76. The van der Waals surface area contributed by atoms with Crippen LogP contribution in [0.1, 0.15) is 6.42 Å². The van der Waals surface area contributed by atoms with E-state index in [0.717, 1.165) is 0 Å². The van der Waals surface area contributed by atoms with Crippen molar-refractivity contribution >= 4 is 17.6 Å². The highest BCUT2D eigenvalue weighted by Crippen LogP contribution is 2.27. The van der Waals surface area contributed by atoms with Gasteiger partial charge in [0.15, 0.2) is 0 Å². The molecule has 0 spiro atoms. The Morgan fingerprint density at radius 1 is 1.56 bits per heavy atom. The summed E-state index contributed by atoms with van der Waals surface area (Å²) in [6.07, 6.45) is 0.317. The summed E-state index contributed by atoms with van der Waals surface area (Å²) in [5.74, 6) is -0.314. The zero-order chi connectivity index (χ0) is 13.1. The molecule has 4 nitrogen and oxygen atoms in total. The Kier molecular flexibility index (Phi) is 4.04. The smallest absolute Gasteiger partial charge is 0.323 e. The number of hydrogen-bond acceptors (Lipinski definition) is 4. The number of carbonyl (C=O) groups excluding carboxylic acids is 1.